The van der Waals surface area contributed by atoms with Gasteiger partial charge >= 0.3 is 0 Å². The molecule has 0 aromatic carbocycles. The minimum atomic E-state index is 0.617. The van der Waals surface area contributed by atoms with Gasteiger partial charge in [-0.3, -0.25) is 4.90 Å². The van der Waals surface area contributed by atoms with Crippen LogP contribution < -0.4 is 5.32 Å². The van der Waals surface area contributed by atoms with Crippen molar-refractivity contribution >= 4 is 0 Å². The SMILES string of the molecule is CCN(CCNCc1cncnc1)C(C)C. The highest BCUT2D eigenvalue weighted by molar-refractivity contribution is 5.01. The van der Waals surface area contributed by atoms with Crippen LogP contribution in [0.15, 0.2) is 18.7 Å². The molecule has 16 heavy (non-hydrogen) atoms. The summed E-state index contributed by atoms with van der Waals surface area (Å²) in [5, 5.41) is 3.40. The normalized spacial score (nSPS) is 11.3. The molecule has 0 aliphatic rings. The van der Waals surface area contributed by atoms with Gasteiger partial charge < -0.3 is 5.32 Å². The number of hydrogen-bond acceptors (Lipinski definition) is 4. The highest BCUT2D eigenvalue weighted by Gasteiger charge is 2.05. The fourth-order valence-electron chi connectivity index (χ4n) is 1.66. The van der Waals surface area contributed by atoms with Gasteiger partial charge in [-0.2, -0.15) is 0 Å². The first-order valence-corrected chi connectivity index (χ1v) is 5.92. The lowest BCUT2D eigenvalue weighted by Gasteiger charge is -2.24. The van der Waals surface area contributed by atoms with Gasteiger partial charge in [-0.25, -0.2) is 9.97 Å². The Morgan fingerprint density at radius 3 is 2.56 bits per heavy atom. The molecular formula is C12H22N4. The number of rotatable bonds is 7. The second-order valence-electron chi connectivity index (χ2n) is 4.15. The van der Waals surface area contributed by atoms with Gasteiger partial charge in [0.15, 0.2) is 0 Å². The number of hydrogen-bond donors (Lipinski definition) is 1. The second kappa shape index (κ2) is 7.30. The zero-order valence-electron chi connectivity index (χ0n) is 10.5. The molecule has 0 aliphatic heterocycles. The lowest BCUT2D eigenvalue weighted by atomic mass is 10.3. The quantitative estimate of drug-likeness (QED) is 0.706. The smallest absolute Gasteiger partial charge is 0.115 e. The summed E-state index contributed by atoms with van der Waals surface area (Å²) in [5.41, 5.74) is 1.13. The number of aromatic nitrogens is 2. The molecule has 0 aliphatic carbocycles. The van der Waals surface area contributed by atoms with Crippen LogP contribution in [0.4, 0.5) is 0 Å². The van der Waals surface area contributed by atoms with Crippen molar-refractivity contribution in [2.45, 2.75) is 33.4 Å². The maximum absolute atomic E-state index is 3.98. The van der Waals surface area contributed by atoms with Crippen molar-refractivity contribution in [3.05, 3.63) is 24.3 Å². The van der Waals surface area contributed by atoms with Crippen LogP contribution in [0.2, 0.25) is 0 Å². The molecular weight excluding hydrogens is 200 g/mol. The van der Waals surface area contributed by atoms with E-state index in [0.29, 0.717) is 6.04 Å². The second-order valence-corrected chi connectivity index (χ2v) is 4.15. The molecule has 0 atom stereocenters. The van der Waals surface area contributed by atoms with Gasteiger partial charge in [0.25, 0.3) is 0 Å². The maximum Gasteiger partial charge on any atom is 0.115 e. The number of nitrogens with zero attached hydrogens (tertiary/aromatic N) is 3. The Morgan fingerprint density at radius 2 is 2.00 bits per heavy atom. The minimum Gasteiger partial charge on any atom is -0.311 e. The van der Waals surface area contributed by atoms with Crippen LogP contribution >= 0.6 is 0 Å². The highest BCUT2D eigenvalue weighted by Crippen LogP contribution is 1.96. The predicted octanol–water partition coefficient (Wildman–Crippen LogP) is 1.30. The summed E-state index contributed by atoms with van der Waals surface area (Å²) >= 11 is 0. The molecule has 1 rings (SSSR count). The molecule has 4 heteroatoms. The van der Waals surface area contributed by atoms with Gasteiger partial charge in [-0.15, -0.1) is 0 Å². The Labute approximate surface area is 98.1 Å². The Kier molecular flexibility index (Phi) is 5.96. The molecule has 90 valence electrons. The lowest BCUT2D eigenvalue weighted by Crippen LogP contribution is -2.36. The van der Waals surface area contributed by atoms with Gasteiger partial charge in [-0.05, 0) is 20.4 Å². The van der Waals surface area contributed by atoms with E-state index < -0.39 is 0 Å². The molecule has 0 unspecified atom stereocenters. The molecule has 0 fully saturated rings. The van der Waals surface area contributed by atoms with Crippen LogP contribution in [-0.4, -0.2) is 40.5 Å². The highest BCUT2D eigenvalue weighted by atomic mass is 15.2. The van der Waals surface area contributed by atoms with Crippen LogP contribution in [0.25, 0.3) is 0 Å². The van der Waals surface area contributed by atoms with Crippen molar-refractivity contribution in [2.24, 2.45) is 0 Å². The van der Waals surface area contributed by atoms with Crippen LogP contribution in [0.3, 0.4) is 0 Å². The van der Waals surface area contributed by atoms with E-state index in [0.717, 1.165) is 31.7 Å². The molecule has 1 heterocycles. The summed E-state index contributed by atoms with van der Waals surface area (Å²) in [4.78, 5) is 10.4. The molecule has 0 spiro atoms. The first-order chi connectivity index (χ1) is 7.74. The minimum absolute atomic E-state index is 0.617. The van der Waals surface area contributed by atoms with E-state index >= 15 is 0 Å². The maximum atomic E-state index is 3.98. The van der Waals surface area contributed by atoms with Crippen molar-refractivity contribution in [2.75, 3.05) is 19.6 Å². The van der Waals surface area contributed by atoms with E-state index in [1.807, 2.05) is 12.4 Å². The molecule has 0 radical (unpaired) electrons. The van der Waals surface area contributed by atoms with Crippen LogP contribution in [0.1, 0.15) is 26.3 Å². The summed E-state index contributed by atoms with van der Waals surface area (Å²) < 4.78 is 0. The van der Waals surface area contributed by atoms with Gasteiger partial charge in [0.05, 0.1) is 0 Å². The predicted molar refractivity (Wildman–Crippen MR) is 66.1 cm³/mol. The van der Waals surface area contributed by atoms with Crippen LogP contribution in [0, 0.1) is 0 Å². The summed E-state index contributed by atoms with van der Waals surface area (Å²) in [6.07, 6.45) is 5.25. The first kappa shape index (κ1) is 13.1. The summed E-state index contributed by atoms with van der Waals surface area (Å²) in [6.45, 7) is 10.7. The molecule has 1 aromatic rings. The Bertz CT molecular complexity index is 274. The average molecular weight is 222 g/mol. The standard InChI is InChI=1S/C12H22N4/c1-4-16(11(2)3)6-5-13-7-12-8-14-10-15-9-12/h8-11,13H,4-7H2,1-3H3. The molecule has 4 nitrogen and oxygen atoms in total. The first-order valence-electron chi connectivity index (χ1n) is 5.92. The number of likely N-dealkylation sites (N-methyl/N-ethyl adjacent to an activating group) is 1. The molecule has 1 aromatic heterocycles. The van der Waals surface area contributed by atoms with Crippen molar-refractivity contribution in [3.8, 4) is 0 Å². The van der Waals surface area contributed by atoms with Crippen LogP contribution in [-0.2, 0) is 6.54 Å². The lowest BCUT2D eigenvalue weighted by molar-refractivity contribution is 0.233. The van der Waals surface area contributed by atoms with Crippen LogP contribution in [0.5, 0.6) is 0 Å². The number of nitrogens with one attached hydrogen (secondary N) is 1. The fourth-order valence-corrected chi connectivity index (χ4v) is 1.66. The van der Waals surface area contributed by atoms with E-state index in [2.05, 4.69) is 41.0 Å². The van der Waals surface area contributed by atoms with E-state index in [1.54, 1.807) is 6.33 Å². The summed E-state index contributed by atoms with van der Waals surface area (Å²) in [7, 11) is 0. The van der Waals surface area contributed by atoms with Crippen molar-refractivity contribution < 1.29 is 0 Å². The zero-order chi connectivity index (χ0) is 11.8. The average Bonchev–Trinajstić information content (AvgIpc) is 2.30. The third-order valence-electron chi connectivity index (χ3n) is 2.66. The fraction of sp³-hybridized carbons (Fsp3) is 0.667. The van der Waals surface area contributed by atoms with Gasteiger partial charge in [-0.1, -0.05) is 6.92 Å². The molecule has 0 amide bonds. The van der Waals surface area contributed by atoms with Crippen molar-refractivity contribution in [1.82, 2.24) is 20.2 Å². The monoisotopic (exact) mass is 222 g/mol. The van der Waals surface area contributed by atoms with E-state index in [4.69, 9.17) is 0 Å². The topological polar surface area (TPSA) is 41.0 Å². The van der Waals surface area contributed by atoms with E-state index in [-0.39, 0.29) is 0 Å². The van der Waals surface area contributed by atoms with E-state index in [9.17, 15) is 0 Å². The molecule has 1 N–H and O–H groups in total. The largest absolute Gasteiger partial charge is 0.311 e. The Balaban J connectivity index is 2.16. The molecule has 0 bridgehead atoms. The molecule has 0 saturated heterocycles. The summed E-state index contributed by atoms with van der Waals surface area (Å²) in [6, 6.07) is 0.617. The molecule has 0 saturated carbocycles. The van der Waals surface area contributed by atoms with Crippen molar-refractivity contribution in [3.63, 3.8) is 0 Å². The third-order valence-corrected chi connectivity index (χ3v) is 2.66. The zero-order valence-corrected chi connectivity index (χ0v) is 10.5. The third kappa shape index (κ3) is 4.68. The van der Waals surface area contributed by atoms with Gasteiger partial charge in [0.1, 0.15) is 6.33 Å². The van der Waals surface area contributed by atoms with Crippen molar-refractivity contribution in [1.29, 1.82) is 0 Å². The summed E-state index contributed by atoms with van der Waals surface area (Å²) in [5.74, 6) is 0. The van der Waals surface area contributed by atoms with Gasteiger partial charge in [0.2, 0.25) is 0 Å². The van der Waals surface area contributed by atoms with Gasteiger partial charge in [0, 0.05) is 43.6 Å². The Morgan fingerprint density at radius 1 is 1.31 bits per heavy atom. The Hall–Kier alpha value is -1.00. The van der Waals surface area contributed by atoms with E-state index in [1.165, 1.54) is 0 Å².